The second-order valence-corrected chi connectivity index (χ2v) is 3.28. The molecule has 0 radical (unpaired) electrons. The van der Waals surface area contributed by atoms with Crippen LogP contribution in [0.1, 0.15) is 11.1 Å². The van der Waals surface area contributed by atoms with E-state index in [1.54, 1.807) is 0 Å². The monoisotopic (exact) mass is 263 g/mol. The van der Waals surface area contributed by atoms with E-state index in [-0.39, 0.29) is 18.2 Å². The molecule has 0 aliphatic rings. The average Bonchev–Trinajstić information content (AvgIpc) is 2.14. The Kier molecular flexibility index (Phi) is 3.40. The number of hydrogen-bond acceptors (Lipinski definition) is 0. The van der Waals surface area contributed by atoms with Crippen LogP contribution in [0.25, 0.3) is 0 Å². The minimum atomic E-state index is -5.09. The van der Waals surface area contributed by atoms with Gasteiger partial charge in [0.05, 0.1) is 11.1 Å². The Labute approximate surface area is 90.4 Å². The van der Waals surface area contributed by atoms with Crippen LogP contribution in [-0.4, -0.2) is 7.27 Å². The van der Waals surface area contributed by atoms with Crippen LogP contribution in [0.5, 0.6) is 0 Å². The van der Waals surface area contributed by atoms with Gasteiger partial charge in [-0.15, -0.1) is 5.46 Å². The summed E-state index contributed by atoms with van der Waals surface area (Å²) in [6.07, 6.45) is -10.2. The third-order valence-corrected chi connectivity index (χ3v) is 1.96. The Hall–Kier alpha value is -1.28. The number of benzene rings is 1. The Morgan fingerprint density at radius 1 is 0.706 bits per heavy atom. The van der Waals surface area contributed by atoms with E-state index in [0.29, 0.717) is 0 Å². The van der Waals surface area contributed by atoms with Crippen LogP contribution in [0.3, 0.4) is 0 Å². The van der Waals surface area contributed by atoms with Gasteiger partial charge in [-0.2, -0.15) is 26.3 Å². The maximum absolute atomic E-state index is 12.3. The molecule has 1 aromatic rings. The van der Waals surface area contributed by atoms with E-state index in [9.17, 15) is 35.0 Å². The summed E-state index contributed by atoms with van der Waals surface area (Å²) in [5.74, 6) is 0. The van der Waals surface area contributed by atoms with Crippen LogP contribution in [0.4, 0.5) is 35.0 Å². The molecular weight excluding hydrogens is 259 g/mol. The molecular formula is C8H4BF8-. The predicted octanol–water partition coefficient (Wildman–Crippen LogP) is 3.09. The summed E-state index contributed by atoms with van der Waals surface area (Å²) < 4.78 is 97.7. The first-order chi connectivity index (χ1) is 7.51. The van der Waals surface area contributed by atoms with E-state index in [4.69, 9.17) is 0 Å². The van der Waals surface area contributed by atoms with E-state index in [2.05, 4.69) is 0 Å². The molecule has 0 aliphatic heterocycles. The fraction of sp³-hybridized carbons (Fsp3) is 0.250. The van der Waals surface area contributed by atoms with Crippen LogP contribution in [0.2, 0.25) is 0 Å². The molecule has 0 saturated carbocycles. The summed E-state index contributed by atoms with van der Waals surface area (Å²) in [5.41, 5.74) is -4.68. The van der Waals surface area contributed by atoms with Gasteiger partial charge in [0.15, 0.2) is 0 Å². The van der Waals surface area contributed by atoms with Crippen molar-refractivity contribution in [1.82, 2.24) is 0 Å². The van der Waals surface area contributed by atoms with Crippen LogP contribution < -0.4 is 5.46 Å². The van der Waals surface area contributed by atoms with Gasteiger partial charge in [-0.25, -0.2) is 0 Å². The molecule has 0 saturated heterocycles. The maximum Gasteiger partial charge on any atom is 0.416 e. The molecule has 0 amide bonds. The molecule has 0 aliphatic carbocycles. The van der Waals surface area contributed by atoms with Crippen molar-refractivity contribution in [3.63, 3.8) is 0 Å². The molecule has 0 heterocycles. The highest BCUT2D eigenvalue weighted by molar-refractivity contribution is 6.60. The molecule has 0 aromatic heterocycles. The second-order valence-electron chi connectivity index (χ2n) is 3.28. The third-order valence-electron chi connectivity index (χ3n) is 1.96. The van der Waals surface area contributed by atoms with Gasteiger partial charge in [-0.3, -0.25) is 0 Å². The van der Waals surface area contributed by atoms with Gasteiger partial charge in [0.25, 0.3) is 0 Å². The molecule has 0 fully saturated rings. The minimum Gasteiger partial charge on any atom is -0.476 e. The first kappa shape index (κ1) is 13.8. The van der Waals surface area contributed by atoms with Crippen molar-refractivity contribution in [2.45, 2.75) is 12.4 Å². The topological polar surface area (TPSA) is 0 Å². The lowest BCUT2D eigenvalue weighted by Crippen LogP contribution is -2.25. The van der Waals surface area contributed by atoms with E-state index >= 15 is 0 Å². The van der Waals surface area contributed by atoms with Gasteiger partial charge >= 0.3 is 19.6 Å². The van der Waals surface area contributed by atoms with Crippen molar-refractivity contribution >= 4 is 12.7 Å². The first-order valence-electron chi connectivity index (χ1n) is 4.25. The Balaban J connectivity index is 3.40. The average molecular weight is 263 g/mol. The Morgan fingerprint density at radius 3 is 1.29 bits per heavy atom. The largest absolute Gasteiger partial charge is 0.476 e. The molecule has 0 atom stereocenters. The zero-order valence-electron chi connectivity index (χ0n) is 7.96. The van der Waals surface area contributed by atoms with Gasteiger partial charge in [-0.05, 0) is 6.07 Å². The highest BCUT2D eigenvalue weighted by Gasteiger charge is 2.36. The predicted molar refractivity (Wildman–Crippen MR) is 45.4 cm³/mol. The third kappa shape index (κ3) is 3.34. The van der Waals surface area contributed by atoms with Crippen molar-refractivity contribution in [3.8, 4) is 0 Å². The van der Waals surface area contributed by atoms with Gasteiger partial charge < -0.3 is 8.63 Å². The zero-order valence-corrected chi connectivity index (χ0v) is 7.96. The van der Waals surface area contributed by atoms with Crippen LogP contribution >= 0.6 is 0 Å². The highest BCUT2D eigenvalue weighted by atomic mass is 19.4. The quantitative estimate of drug-likeness (QED) is 0.539. The number of rotatable bonds is 1. The molecule has 0 bridgehead atoms. The van der Waals surface area contributed by atoms with Crippen molar-refractivity contribution in [2.24, 2.45) is 0 Å². The number of alkyl halides is 6. The van der Waals surface area contributed by atoms with E-state index in [1.807, 2.05) is 0 Å². The van der Waals surface area contributed by atoms with Gasteiger partial charge in [0, 0.05) is 0 Å². The molecule has 0 N–H and O–H groups in total. The minimum absolute atomic E-state index is 0.0369. The van der Waals surface area contributed by atoms with E-state index in [0.717, 1.165) is 0 Å². The van der Waals surface area contributed by atoms with Crippen molar-refractivity contribution < 1.29 is 35.0 Å². The smallest absolute Gasteiger partial charge is 0.416 e. The normalized spacial score (nSPS) is 13.2. The molecule has 9 heteroatoms. The molecule has 1 rings (SSSR count). The molecule has 0 nitrogen and oxygen atoms in total. The zero-order chi connectivity index (χ0) is 13.4. The lowest BCUT2D eigenvalue weighted by atomic mass is 9.83. The van der Waals surface area contributed by atoms with Gasteiger partial charge in [0.2, 0.25) is 0 Å². The number of halogens is 8. The summed E-state index contributed by atoms with van der Waals surface area (Å²) in [6.45, 7) is 0. The van der Waals surface area contributed by atoms with Crippen molar-refractivity contribution in [3.05, 3.63) is 29.3 Å². The summed E-state index contributed by atoms with van der Waals surface area (Å²) in [4.78, 5) is 0. The van der Waals surface area contributed by atoms with Gasteiger partial charge in [-0.1, -0.05) is 12.1 Å². The van der Waals surface area contributed by atoms with Gasteiger partial charge in [0.1, 0.15) is 0 Å². The summed E-state index contributed by atoms with van der Waals surface area (Å²) in [6, 6.07) is -0.115. The second kappa shape index (κ2) is 4.19. The lowest BCUT2D eigenvalue weighted by molar-refractivity contribution is -0.142. The maximum atomic E-state index is 12.3. The van der Waals surface area contributed by atoms with Crippen LogP contribution in [0, 0.1) is 0 Å². The summed E-state index contributed by atoms with van der Waals surface area (Å²) in [7, 11) is -4.20. The standard InChI is InChI=1S/C8H4BF8/c10-7(11,12)4-1-5(8(13,14)15)3-6(2-4)9(16)17/h1-3,9H/q-1. The summed E-state index contributed by atoms with van der Waals surface area (Å²) in [5, 5.41) is 0. The Morgan fingerprint density at radius 2 is 1.06 bits per heavy atom. The first-order valence-corrected chi connectivity index (χ1v) is 4.25. The number of hydrogen-bond donors (Lipinski definition) is 0. The van der Waals surface area contributed by atoms with E-state index < -0.39 is 36.2 Å². The molecule has 0 unspecified atom stereocenters. The van der Waals surface area contributed by atoms with Crippen LogP contribution in [0.15, 0.2) is 18.2 Å². The fourth-order valence-electron chi connectivity index (χ4n) is 1.17. The van der Waals surface area contributed by atoms with Crippen LogP contribution in [-0.2, 0) is 12.4 Å². The highest BCUT2D eigenvalue weighted by Crippen LogP contribution is 2.34. The van der Waals surface area contributed by atoms with E-state index in [1.165, 1.54) is 0 Å². The molecule has 17 heavy (non-hydrogen) atoms. The summed E-state index contributed by atoms with van der Waals surface area (Å²) >= 11 is 0. The Bertz CT molecular complexity index is 373. The molecule has 96 valence electrons. The van der Waals surface area contributed by atoms with Crippen molar-refractivity contribution in [1.29, 1.82) is 0 Å². The molecule has 0 spiro atoms. The fourth-order valence-corrected chi connectivity index (χ4v) is 1.17. The van der Waals surface area contributed by atoms with Crippen molar-refractivity contribution in [2.75, 3.05) is 0 Å². The molecule has 1 aromatic carbocycles. The SMILES string of the molecule is F[BH-](F)c1cc(C(F)(F)F)cc(C(F)(F)F)c1. The lowest BCUT2D eigenvalue weighted by Gasteiger charge is -2.16.